The molecule has 1 rings (SSSR count). The fourth-order valence-electron chi connectivity index (χ4n) is 1.31. The van der Waals surface area contributed by atoms with Gasteiger partial charge in [0.2, 0.25) is 0 Å². The maximum atomic E-state index is 2.36. The minimum absolute atomic E-state index is 0.931. The van der Waals surface area contributed by atoms with Crippen LogP contribution in [0.15, 0.2) is 12.2 Å². The molecule has 0 radical (unpaired) electrons. The Morgan fingerprint density at radius 2 is 2.50 bits per heavy atom. The van der Waals surface area contributed by atoms with Gasteiger partial charge in [-0.3, -0.25) is 0 Å². The standard InChI is InChI=1S/C8H14/c1-2-5-8-6-3-4-7-8/h3,6,8H,2,4-5,7H2,1H3/t8-/m1/s1. The van der Waals surface area contributed by atoms with Crippen LogP contribution in [0, 0.1) is 5.92 Å². The van der Waals surface area contributed by atoms with Crippen molar-refractivity contribution in [3.05, 3.63) is 12.2 Å². The fraction of sp³-hybridized carbons (Fsp3) is 0.750. The first-order chi connectivity index (χ1) is 3.93. The number of rotatable bonds is 2. The van der Waals surface area contributed by atoms with Crippen LogP contribution in [0.5, 0.6) is 0 Å². The van der Waals surface area contributed by atoms with Crippen LogP contribution in [0.25, 0.3) is 0 Å². The van der Waals surface area contributed by atoms with E-state index in [2.05, 4.69) is 19.1 Å². The van der Waals surface area contributed by atoms with Crippen LogP contribution in [0.2, 0.25) is 0 Å². The van der Waals surface area contributed by atoms with Crippen molar-refractivity contribution in [2.45, 2.75) is 32.6 Å². The first-order valence-corrected chi connectivity index (χ1v) is 3.60. The monoisotopic (exact) mass is 110 g/mol. The molecule has 46 valence electrons. The summed E-state index contributed by atoms with van der Waals surface area (Å²) < 4.78 is 0. The van der Waals surface area contributed by atoms with E-state index in [1.54, 1.807) is 0 Å². The molecule has 0 aromatic carbocycles. The van der Waals surface area contributed by atoms with Crippen molar-refractivity contribution in [2.75, 3.05) is 0 Å². The molecule has 0 amide bonds. The van der Waals surface area contributed by atoms with Crippen molar-refractivity contribution < 1.29 is 0 Å². The van der Waals surface area contributed by atoms with Gasteiger partial charge in [-0.2, -0.15) is 0 Å². The lowest BCUT2D eigenvalue weighted by molar-refractivity contribution is 0.569. The van der Waals surface area contributed by atoms with E-state index in [1.807, 2.05) is 0 Å². The average molecular weight is 110 g/mol. The number of allylic oxidation sites excluding steroid dienone is 2. The average Bonchev–Trinajstić information content (AvgIpc) is 2.19. The SMILES string of the molecule is CCC[C@@H]1C=CCC1. The summed E-state index contributed by atoms with van der Waals surface area (Å²) in [6, 6.07) is 0. The zero-order chi connectivity index (χ0) is 5.82. The lowest BCUT2D eigenvalue weighted by Crippen LogP contribution is -1.88. The van der Waals surface area contributed by atoms with E-state index in [0.29, 0.717) is 0 Å². The van der Waals surface area contributed by atoms with Gasteiger partial charge < -0.3 is 0 Å². The molecule has 0 saturated carbocycles. The summed E-state index contributed by atoms with van der Waals surface area (Å²) in [5.41, 5.74) is 0. The Kier molecular flexibility index (Phi) is 2.13. The molecule has 1 aliphatic rings. The second-order valence-electron chi connectivity index (χ2n) is 2.55. The predicted octanol–water partition coefficient (Wildman–Crippen LogP) is 2.75. The van der Waals surface area contributed by atoms with Crippen LogP contribution in [0.4, 0.5) is 0 Å². The Morgan fingerprint density at radius 3 is 3.00 bits per heavy atom. The van der Waals surface area contributed by atoms with E-state index < -0.39 is 0 Å². The summed E-state index contributed by atoms with van der Waals surface area (Å²) in [6.45, 7) is 2.26. The second-order valence-corrected chi connectivity index (χ2v) is 2.55. The molecule has 0 aromatic heterocycles. The number of hydrogen-bond acceptors (Lipinski definition) is 0. The highest BCUT2D eigenvalue weighted by molar-refractivity contribution is 4.95. The Hall–Kier alpha value is -0.260. The van der Waals surface area contributed by atoms with Crippen LogP contribution in [0.1, 0.15) is 32.6 Å². The summed E-state index contributed by atoms with van der Waals surface area (Å²) in [7, 11) is 0. The molecular formula is C8H14. The van der Waals surface area contributed by atoms with Crippen molar-refractivity contribution in [1.29, 1.82) is 0 Å². The highest BCUT2D eigenvalue weighted by atomic mass is 14.1. The quantitative estimate of drug-likeness (QED) is 0.479. The van der Waals surface area contributed by atoms with Gasteiger partial charge in [-0.15, -0.1) is 0 Å². The molecule has 0 aliphatic heterocycles. The normalized spacial score (nSPS) is 26.9. The topological polar surface area (TPSA) is 0 Å². The lowest BCUT2D eigenvalue weighted by atomic mass is 10.0. The van der Waals surface area contributed by atoms with Gasteiger partial charge in [-0.05, 0) is 25.2 Å². The zero-order valence-electron chi connectivity index (χ0n) is 5.56. The molecule has 0 saturated heterocycles. The van der Waals surface area contributed by atoms with Crippen molar-refractivity contribution in [3.8, 4) is 0 Å². The van der Waals surface area contributed by atoms with Gasteiger partial charge in [-0.1, -0.05) is 25.5 Å². The molecule has 0 heteroatoms. The smallest absolute Gasteiger partial charge is 0.0231 e. The maximum absolute atomic E-state index is 2.36. The Morgan fingerprint density at radius 1 is 1.62 bits per heavy atom. The third-order valence-corrected chi connectivity index (χ3v) is 1.77. The van der Waals surface area contributed by atoms with Crippen molar-refractivity contribution in [2.24, 2.45) is 5.92 Å². The molecule has 0 nitrogen and oxygen atoms in total. The summed E-state index contributed by atoms with van der Waals surface area (Å²) in [6.07, 6.45) is 10.1. The molecule has 0 unspecified atom stereocenters. The summed E-state index contributed by atoms with van der Waals surface area (Å²) in [4.78, 5) is 0. The maximum Gasteiger partial charge on any atom is -0.0231 e. The predicted molar refractivity (Wildman–Crippen MR) is 36.8 cm³/mol. The fourth-order valence-corrected chi connectivity index (χ4v) is 1.31. The third-order valence-electron chi connectivity index (χ3n) is 1.77. The van der Waals surface area contributed by atoms with Gasteiger partial charge in [-0.25, -0.2) is 0 Å². The van der Waals surface area contributed by atoms with Gasteiger partial charge >= 0.3 is 0 Å². The van der Waals surface area contributed by atoms with Crippen LogP contribution in [0.3, 0.4) is 0 Å². The van der Waals surface area contributed by atoms with Crippen molar-refractivity contribution in [1.82, 2.24) is 0 Å². The molecule has 0 aromatic rings. The van der Waals surface area contributed by atoms with Crippen molar-refractivity contribution >= 4 is 0 Å². The molecule has 0 heterocycles. The first kappa shape index (κ1) is 5.87. The highest BCUT2D eigenvalue weighted by Crippen LogP contribution is 2.20. The first-order valence-electron chi connectivity index (χ1n) is 3.60. The summed E-state index contributed by atoms with van der Waals surface area (Å²) >= 11 is 0. The van der Waals surface area contributed by atoms with Gasteiger partial charge in [0.1, 0.15) is 0 Å². The largest absolute Gasteiger partial charge is 0.0882 e. The summed E-state index contributed by atoms with van der Waals surface area (Å²) in [5.74, 6) is 0.931. The third kappa shape index (κ3) is 1.36. The van der Waals surface area contributed by atoms with E-state index in [9.17, 15) is 0 Å². The summed E-state index contributed by atoms with van der Waals surface area (Å²) in [5, 5.41) is 0. The van der Waals surface area contributed by atoms with Gasteiger partial charge in [0, 0.05) is 0 Å². The van der Waals surface area contributed by atoms with Crippen LogP contribution >= 0.6 is 0 Å². The van der Waals surface area contributed by atoms with Crippen LogP contribution in [-0.4, -0.2) is 0 Å². The van der Waals surface area contributed by atoms with E-state index >= 15 is 0 Å². The number of hydrogen-bond donors (Lipinski definition) is 0. The minimum atomic E-state index is 0.931. The Bertz CT molecular complexity index is 82.0. The molecule has 8 heavy (non-hydrogen) atoms. The van der Waals surface area contributed by atoms with Gasteiger partial charge in [0.05, 0.1) is 0 Å². The molecule has 0 spiro atoms. The molecule has 0 bridgehead atoms. The molecule has 0 N–H and O–H groups in total. The zero-order valence-corrected chi connectivity index (χ0v) is 5.56. The minimum Gasteiger partial charge on any atom is -0.0882 e. The Labute approximate surface area is 51.6 Å². The second kappa shape index (κ2) is 2.91. The Balaban J connectivity index is 2.16. The van der Waals surface area contributed by atoms with Gasteiger partial charge in [0.15, 0.2) is 0 Å². The van der Waals surface area contributed by atoms with Crippen LogP contribution in [-0.2, 0) is 0 Å². The van der Waals surface area contributed by atoms with E-state index in [4.69, 9.17) is 0 Å². The van der Waals surface area contributed by atoms with Gasteiger partial charge in [0.25, 0.3) is 0 Å². The van der Waals surface area contributed by atoms with Crippen molar-refractivity contribution in [3.63, 3.8) is 0 Å². The highest BCUT2D eigenvalue weighted by Gasteiger charge is 2.05. The molecular weight excluding hydrogens is 96.1 g/mol. The van der Waals surface area contributed by atoms with E-state index in [-0.39, 0.29) is 0 Å². The van der Waals surface area contributed by atoms with E-state index in [0.717, 1.165) is 5.92 Å². The lowest BCUT2D eigenvalue weighted by Gasteiger charge is -2.01. The molecule has 0 fully saturated rings. The van der Waals surface area contributed by atoms with Crippen LogP contribution < -0.4 is 0 Å². The van der Waals surface area contributed by atoms with E-state index in [1.165, 1.54) is 25.7 Å². The molecule has 1 atom stereocenters. The molecule has 1 aliphatic carbocycles.